The molecule has 1 saturated carbocycles. The summed E-state index contributed by atoms with van der Waals surface area (Å²) in [5.41, 5.74) is 4.55. The van der Waals surface area contributed by atoms with Crippen LogP contribution in [0.2, 0.25) is 0 Å². The largest absolute Gasteiger partial charge is 0.504 e. The molecule has 4 aliphatic heterocycles. The fraction of sp³-hybridized carbons (Fsp3) is 0.415. The standard InChI is InChI=1S/C41H42N4O8/c1-51-34-13-2-24(22-33(34)46)35-29-11-12-30-36(40(49)44(38(30)47)27-7-3-25(4-8-27)42-14-18-52-19-15-42)31(29)23-32-37(35)41(50)45(39(32)48)28-9-5-26(6-10-28)43-16-20-53-21-17-43/h2-11,13,22,30-32,35-37,46H,12,14-21,23H2,1H3/t30-,31+,32+,35-,36-,37+/m0/s1. The van der Waals surface area contributed by atoms with E-state index in [0.717, 1.165) is 43.1 Å². The van der Waals surface area contributed by atoms with Crippen LogP contribution in [-0.4, -0.2) is 88.5 Å². The molecule has 0 spiro atoms. The highest BCUT2D eigenvalue weighted by molar-refractivity contribution is 6.24. The summed E-state index contributed by atoms with van der Waals surface area (Å²) in [6.45, 7) is 5.65. The Balaban J connectivity index is 1.06. The number of allylic oxidation sites excluding steroid dienone is 2. The number of amides is 4. The molecule has 4 amide bonds. The fourth-order valence-electron chi connectivity index (χ4n) is 9.64. The summed E-state index contributed by atoms with van der Waals surface area (Å²) in [6, 6.07) is 20.1. The highest BCUT2D eigenvalue weighted by Gasteiger charge is 2.62. The maximum atomic E-state index is 14.6. The van der Waals surface area contributed by atoms with Crippen molar-refractivity contribution in [3.05, 3.63) is 83.9 Å². The number of ether oxygens (including phenoxy) is 3. The van der Waals surface area contributed by atoms with Gasteiger partial charge in [-0.15, -0.1) is 0 Å². The van der Waals surface area contributed by atoms with Gasteiger partial charge in [0, 0.05) is 43.5 Å². The number of phenols is 1. The minimum Gasteiger partial charge on any atom is -0.504 e. The van der Waals surface area contributed by atoms with E-state index in [1.807, 2.05) is 60.7 Å². The van der Waals surface area contributed by atoms with E-state index >= 15 is 0 Å². The van der Waals surface area contributed by atoms with Crippen LogP contribution in [0.3, 0.4) is 0 Å². The lowest BCUT2D eigenvalue weighted by molar-refractivity contribution is -0.126. The van der Waals surface area contributed by atoms with Crippen molar-refractivity contribution in [3.63, 3.8) is 0 Å². The molecule has 5 fully saturated rings. The maximum Gasteiger partial charge on any atom is 0.238 e. The molecular formula is C41H42N4O8. The molecule has 6 atom stereocenters. The van der Waals surface area contributed by atoms with E-state index in [0.29, 0.717) is 49.8 Å². The van der Waals surface area contributed by atoms with Crippen LogP contribution >= 0.6 is 0 Å². The molecule has 0 unspecified atom stereocenters. The van der Waals surface area contributed by atoms with Crippen molar-refractivity contribution in [2.45, 2.75) is 18.8 Å². The van der Waals surface area contributed by atoms with Gasteiger partial charge in [-0.05, 0) is 85.0 Å². The predicted molar refractivity (Wildman–Crippen MR) is 196 cm³/mol. The molecular weight excluding hydrogens is 676 g/mol. The third-order valence-electron chi connectivity index (χ3n) is 12.2. The summed E-state index contributed by atoms with van der Waals surface area (Å²) in [4.78, 5) is 64.6. The first-order valence-electron chi connectivity index (χ1n) is 18.5. The minimum atomic E-state index is -0.746. The third-order valence-corrected chi connectivity index (χ3v) is 12.2. The molecule has 4 heterocycles. The first-order valence-corrected chi connectivity index (χ1v) is 18.5. The Morgan fingerprint density at radius 2 is 1.13 bits per heavy atom. The number of anilines is 4. The van der Waals surface area contributed by atoms with Crippen LogP contribution in [-0.2, 0) is 28.7 Å². The van der Waals surface area contributed by atoms with Crippen LogP contribution < -0.4 is 24.3 Å². The molecule has 274 valence electrons. The lowest BCUT2D eigenvalue weighted by Crippen LogP contribution is -2.43. The van der Waals surface area contributed by atoms with Gasteiger partial charge >= 0.3 is 0 Å². The van der Waals surface area contributed by atoms with Gasteiger partial charge < -0.3 is 29.1 Å². The van der Waals surface area contributed by atoms with E-state index in [-0.39, 0.29) is 41.5 Å². The van der Waals surface area contributed by atoms with Crippen LogP contribution in [0, 0.1) is 29.6 Å². The van der Waals surface area contributed by atoms with Crippen LogP contribution in [0.15, 0.2) is 78.4 Å². The number of rotatable bonds is 6. The summed E-state index contributed by atoms with van der Waals surface area (Å²) < 4.78 is 16.3. The Kier molecular flexibility index (Phi) is 8.46. The number of hydrogen-bond donors (Lipinski definition) is 1. The van der Waals surface area contributed by atoms with Gasteiger partial charge in [0.2, 0.25) is 23.6 Å². The Morgan fingerprint density at radius 1 is 0.623 bits per heavy atom. The highest BCUT2D eigenvalue weighted by atomic mass is 16.5. The average Bonchev–Trinajstić information content (AvgIpc) is 3.61. The summed E-state index contributed by atoms with van der Waals surface area (Å²) in [5.74, 6) is -4.69. The van der Waals surface area contributed by atoms with Crippen LogP contribution in [0.25, 0.3) is 0 Å². The molecule has 4 saturated heterocycles. The summed E-state index contributed by atoms with van der Waals surface area (Å²) in [6.07, 6.45) is 2.63. The van der Waals surface area contributed by atoms with Crippen molar-refractivity contribution in [2.24, 2.45) is 29.6 Å². The van der Waals surface area contributed by atoms with E-state index in [9.17, 15) is 24.3 Å². The molecule has 0 radical (unpaired) electrons. The van der Waals surface area contributed by atoms with Gasteiger partial charge in [-0.2, -0.15) is 0 Å². The quantitative estimate of drug-likeness (QED) is 0.294. The lowest BCUT2D eigenvalue weighted by Gasteiger charge is -2.44. The smallest absolute Gasteiger partial charge is 0.238 e. The molecule has 1 N–H and O–H groups in total. The monoisotopic (exact) mass is 718 g/mol. The number of aromatic hydroxyl groups is 1. The van der Waals surface area contributed by atoms with Crippen molar-refractivity contribution in [1.82, 2.24) is 0 Å². The number of methoxy groups -OCH3 is 1. The Bertz CT molecular complexity index is 1990. The van der Waals surface area contributed by atoms with Gasteiger partial charge in [0.1, 0.15) is 0 Å². The van der Waals surface area contributed by atoms with Gasteiger partial charge in [0.05, 0.1) is 68.6 Å². The predicted octanol–water partition coefficient (Wildman–Crippen LogP) is 4.12. The molecule has 0 bridgehead atoms. The van der Waals surface area contributed by atoms with Crippen molar-refractivity contribution in [1.29, 1.82) is 0 Å². The number of benzene rings is 3. The summed E-state index contributed by atoms with van der Waals surface area (Å²) in [5, 5.41) is 10.9. The van der Waals surface area contributed by atoms with E-state index in [4.69, 9.17) is 14.2 Å². The number of morpholine rings is 2. The minimum absolute atomic E-state index is 0.0795. The number of phenolic OH excluding ortho intramolecular Hbond substituents is 1. The van der Waals surface area contributed by atoms with Crippen molar-refractivity contribution in [2.75, 3.05) is 79.3 Å². The molecule has 12 nitrogen and oxygen atoms in total. The molecule has 9 rings (SSSR count). The molecule has 12 heteroatoms. The first kappa shape index (κ1) is 33.6. The highest BCUT2D eigenvalue weighted by Crippen LogP contribution is 2.59. The molecule has 3 aromatic rings. The lowest BCUT2D eigenvalue weighted by atomic mass is 9.57. The second-order valence-corrected chi connectivity index (χ2v) is 14.7. The fourth-order valence-corrected chi connectivity index (χ4v) is 9.64. The maximum absolute atomic E-state index is 14.6. The van der Waals surface area contributed by atoms with E-state index < -0.39 is 35.5 Å². The number of imide groups is 2. The molecule has 6 aliphatic rings. The Hall–Kier alpha value is -5.20. The number of fused-ring (bicyclic) bond motifs is 4. The molecule has 0 aromatic heterocycles. The normalized spacial score (nSPS) is 28.5. The Labute approximate surface area is 307 Å². The van der Waals surface area contributed by atoms with Crippen molar-refractivity contribution < 1.29 is 38.5 Å². The third kappa shape index (κ3) is 5.49. The van der Waals surface area contributed by atoms with Gasteiger partial charge in [-0.1, -0.05) is 17.7 Å². The topological polar surface area (TPSA) is 129 Å². The van der Waals surface area contributed by atoms with E-state index in [1.54, 1.807) is 12.1 Å². The zero-order valence-electron chi connectivity index (χ0n) is 29.6. The van der Waals surface area contributed by atoms with Gasteiger partial charge in [0.25, 0.3) is 0 Å². The zero-order chi connectivity index (χ0) is 36.4. The average molecular weight is 719 g/mol. The van der Waals surface area contributed by atoms with Gasteiger partial charge in [-0.3, -0.25) is 29.0 Å². The number of nitrogens with zero attached hydrogens (tertiary/aromatic N) is 4. The number of carbonyl (C=O) groups excluding carboxylic acids is 4. The first-order chi connectivity index (χ1) is 25.8. The molecule has 3 aromatic carbocycles. The van der Waals surface area contributed by atoms with Gasteiger partial charge in [0.15, 0.2) is 11.5 Å². The number of carbonyl (C=O) groups is 4. The Morgan fingerprint density at radius 3 is 1.66 bits per heavy atom. The molecule has 53 heavy (non-hydrogen) atoms. The second-order valence-electron chi connectivity index (χ2n) is 14.7. The molecule has 2 aliphatic carbocycles. The van der Waals surface area contributed by atoms with Crippen molar-refractivity contribution >= 4 is 46.4 Å². The van der Waals surface area contributed by atoms with E-state index in [1.165, 1.54) is 16.9 Å². The van der Waals surface area contributed by atoms with Crippen LogP contribution in [0.4, 0.5) is 22.7 Å². The zero-order valence-corrected chi connectivity index (χ0v) is 29.6. The van der Waals surface area contributed by atoms with Crippen LogP contribution in [0.5, 0.6) is 11.5 Å². The summed E-state index contributed by atoms with van der Waals surface area (Å²) >= 11 is 0. The van der Waals surface area contributed by atoms with E-state index in [2.05, 4.69) is 9.80 Å². The van der Waals surface area contributed by atoms with Crippen LogP contribution in [0.1, 0.15) is 24.3 Å². The van der Waals surface area contributed by atoms with Crippen molar-refractivity contribution in [3.8, 4) is 11.5 Å². The second kappa shape index (κ2) is 13.3. The van der Waals surface area contributed by atoms with Gasteiger partial charge in [-0.25, -0.2) is 0 Å². The number of hydrogen-bond acceptors (Lipinski definition) is 10. The SMILES string of the molecule is COc1ccc([C@H]2C3=CC[C@@H]4C(=O)N(c5ccc(N6CCOCC6)cc5)C(=O)[C@@H]4[C@@H]3C[C@H]3C(=O)N(c4ccc(N5CCOCC5)cc4)C(=O)[C@@H]23)cc1O. The summed E-state index contributed by atoms with van der Waals surface area (Å²) in [7, 11) is 1.47.